The van der Waals surface area contributed by atoms with Gasteiger partial charge < -0.3 is 0 Å². The molecule has 3 nitrogen and oxygen atoms in total. The van der Waals surface area contributed by atoms with E-state index >= 15 is 0 Å². The van der Waals surface area contributed by atoms with E-state index in [-0.39, 0.29) is 5.91 Å². The normalized spacial score (nSPS) is 29.8. The molecule has 1 fully saturated rings. The number of fused-ring (bicyclic) bond motifs is 1. The van der Waals surface area contributed by atoms with Crippen molar-refractivity contribution in [1.29, 1.82) is 0 Å². The zero-order valence-corrected chi connectivity index (χ0v) is 7.18. The molecular weight excluding hydrogens is 152 g/mol. The molecule has 0 aromatic carbocycles. The van der Waals surface area contributed by atoms with Gasteiger partial charge in [0.1, 0.15) is 0 Å². The van der Waals surface area contributed by atoms with Crippen molar-refractivity contribution < 1.29 is 4.79 Å². The van der Waals surface area contributed by atoms with Crippen molar-refractivity contribution in [2.75, 3.05) is 0 Å². The smallest absolute Gasteiger partial charge is 0.240 e. The summed E-state index contributed by atoms with van der Waals surface area (Å²) >= 11 is 0. The lowest BCUT2D eigenvalue weighted by Crippen LogP contribution is -2.32. The molecule has 1 amide bonds. The molecule has 3 heteroatoms. The number of hydrazone groups is 1. The second kappa shape index (κ2) is 3.25. The highest BCUT2D eigenvalue weighted by atomic mass is 16.2. The predicted molar refractivity (Wildman–Crippen MR) is 46.8 cm³/mol. The molecule has 0 saturated heterocycles. The largest absolute Gasteiger partial charge is 0.273 e. The summed E-state index contributed by atoms with van der Waals surface area (Å²) in [6, 6.07) is 0. The van der Waals surface area contributed by atoms with Crippen LogP contribution in [0.2, 0.25) is 0 Å². The van der Waals surface area contributed by atoms with Gasteiger partial charge in [-0.2, -0.15) is 5.10 Å². The average molecular weight is 166 g/mol. The number of carbonyl (C=O) groups is 1. The molecule has 2 aliphatic rings. The van der Waals surface area contributed by atoms with Crippen molar-refractivity contribution in [3.8, 4) is 0 Å². The van der Waals surface area contributed by atoms with E-state index in [0.717, 1.165) is 12.8 Å². The molecular formula is C9H14N2O. The van der Waals surface area contributed by atoms with Gasteiger partial charge in [0, 0.05) is 18.1 Å². The molecule has 1 atom stereocenters. The van der Waals surface area contributed by atoms with E-state index < -0.39 is 0 Å². The Labute approximate surface area is 72.2 Å². The van der Waals surface area contributed by atoms with Crippen LogP contribution in [0.4, 0.5) is 0 Å². The molecule has 1 aliphatic carbocycles. The van der Waals surface area contributed by atoms with Crippen LogP contribution in [0, 0.1) is 5.92 Å². The Balaban J connectivity index is 2.12. The SMILES string of the molecule is O=C1CC2CCCCCC2=NN1. The van der Waals surface area contributed by atoms with E-state index in [1.807, 2.05) is 0 Å². The molecule has 1 saturated carbocycles. The summed E-state index contributed by atoms with van der Waals surface area (Å²) in [4.78, 5) is 11.0. The maximum absolute atomic E-state index is 11.0. The number of nitrogens with one attached hydrogen (secondary N) is 1. The zero-order valence-electron chi connectivity index (χ0n) is 7.18. The van der Waals surface area contributed by atoms with Gasteiger partial charge in [-0.25, -0.2) is 5.43 Å². The number of hydrogen-bond acceptors (Lipinski definition) is 2. The fourth-order valence-electron chi connectivity index (χ4n) is 2.02. The summed E-state index contributed by atoms with van der Waals surface area (Å²) in [6.07, 6.45) is 6.71. The van der Waals surface area contributed by atoms with Gasteiger partial charge in [-0.3, -0.25) is 4.79 Å². The maximum atomic E-state index is 11.0. The Hall–Kier alpha value is -0.860. The summed E-state index contributed by atoms with van der Waals surface area (Å²) in [5.74, 6) is 0.548. The third-order valence-electron chi connectivity index (χ3n) is 2.71. The van der Waals surface area contributed by atoms with Crippen LogP contribution in [-0.2, 0) is 4.79 Å². The van der Waals surface area contributed by atoms with Crippen LogP contribution in [-0.4, -0.2) is 11.6 Å². The van der Waals surface area contributed by atoms with E-state index in [1.54, 1.807) is 0 Å². The van der Waals surface area contributed by atoms with E-state index in [4.69, 9.17) is 0 Å². The first kappa shape index (κ1) is 7.77. The lowest BCUT2D eigenvalue weighted by atomic mass is 9.93. The Bertz CT molecular complexity index is 223. The van der Waals surface area contributed by atoms with Gasteiger partial charge in [0.15, 0.2) is 0 Å². The first-order chi connectivity index (χ1) is 5.86. The average Bonchev–Trinajstić information content (AvgIpc) is 2.28. The molecule has 0 bridgehead atoms. The number of nitrogens with zero attached hydrogens (tertiary/aromatic N) is 1. The fraction of sp³-hybridized carbons (Fsp3) is 0.778. The van der Waals surface area contributed by atoms with E-state index in [1.165, 1.54) is 25.0 Å². The summed E-state index contributed by atoms with van der Waals surface area (Å²) in [5.41, 5.74) is 3.79. The first-order valence-electron chi connectivity index (χ1n) is 4.71. The van der Waals surface area contributed by atoms with Gasteiger partial charge >= 0.3 is 0 Å². The molecule has 12 heavy (non-hydrogen) atoms. The molecule has 0 aromatic rings. The molecule has 2 rings (SSSR count). The predicted octanol–water partition coefficient (Wildman–Crippen LogP) is 1.44. The lowest BCUT2D eigenvalue weighted by Gasteiger charge is -2.19. The highest BCUT2D eigenvalue weighted by Gasteiger charge is 2.25. The van der Waals surface area contributed by atoms with E-state index in [0.29, 0.717) is 12.3 Å². The van der Waals surface area contributed by atoms with Gasteiger partial charge in [-0.05, 0) is 19.3 Å². The fourth-order valence-corrected chi connectivity index (χ4v) is 2.02. The van der Waals surface area contributed by atoms with Crippen molar-refractivity contribution >= 4 is 11.6 Å². The molecule has 1 unspecified atom stereocenters. The Morgan fingerprint density at radius 2 is 2.25 bits per heavy atom. The van der Waals surface area contributed by atoms with Crippen molar-refractivity contribution in [2.24, 2.45) is 11.0 Å². The van der Waals surface area contributed by atoms with Crippen LogP contribution in [0.15, 0.2) is 5.10 Å². The Kier molecular flexibility index (Phi) is 2.11. The minimum Gasteiger partial charge on any atom is -0.273 e. The standard InChI is InChI=1S/C9H14N2O/c12-9-6-7-4-2-1-3-5-8(7)10-11-9/h7H,1-6H2,(H,11,12). The van der Waals surface area contributed by atoms with Gasteiger partial charge in [0.2, 0.25) is 5.91 Å². The third-order valence-corrected chi connectivity index (χ3v) is 2.71. The van der Waals surface area contributed by atoms with Crippen LogP contribution in [0.5, 0.6) is 0 Å². The van der Waals surface area contributed by atoms with Gasteiger partial charge in [0.05, 0.1) is 0 Å². The molecule has 1 N–H and O–H groups in total. The van der Waals surface area contributed by atoms with E-state index in [2.05, 4.69) is 10.5 Å². The van der Waals surface area contributed by atoms with Crippen LogP contribution in [0.25, 0.3) is 0 Å². The Morgan fingerprint density at radius 1 is 1.33 bits per heavy atom. The summed E-state index contributed by atoms with van der Waals surface area (Å²) in [5, 5.41) is 4.11. The zero-order chi connectivity index (χ0) is 8.39. The number of hydrogen-bond donors (Lipinski definition) is 1. The minimum atomic E-state index is 0.0886. The van der Waals surface area contributed by atoms with Crippen LogP contribution in [0.3, 0.4) is 0 Å². The molecule has 0 radical (unpaired) electrons. The van der Waals surface area contributed by atoms with Gasteiger partial charge in [-0.1, -0.05) is 12.8 Å². The molecule has 66 valence electrons. The monoisotopic (exact) mass is 166 g/mol. The quantitative estimate of drug-likeness (QED) is 0.581. The van der Waals surface area contributed by atoms with E-state index in [9.17, 15) is 4.79 Å². The van der Waals surface area contributed by atoms with Crippen molar-refractivity contribution in [3.63, 3.8) is 0 Å². The maximum Gasteiger partial charge on any atom is 0.240 e. The minimum absolute atomic E-state index is 0.0886. The highest BCUT2D eigenvalue weighted by molar-refractivity contribution is 5.94. The summed E-state index contributed by atoms with van der Waals surface area (Å²) in [7, 11) is 0. The second-order valence-electron chi connectivity index (χ2n) is 3.64. The first-order valence-corrected chi connectivity index (χ1v) is 4.71. The molecule has 1 heterocycles. The summed E-state index contributed by atoms with van der Waals surface area (Å²) in [6.45, 7) is 0. The van der Waals surface area contributed by atoms with Crippen LogP contribution < -0.4 is 5.43 Å². The van der Waals surface area contributed by atoms with Crippen LogP contribution in [0.1, 0.15) is 38.5 Å². The van der Waals surface area contributed by atoms with Crippen molar-refractivity contribution in [2.45, 2.75) is 38.5 Å². The topological polar surface area (TPSA) is 41.5 Å². The third kappa shape index (κ3) is 1.49. The number of amides is 1. The lowest BCUT2D eigenvalue weighted by molar-refractivity contribution is -0.122. The van der Waals surface area contributed by atoms with Gasteiger partial charge in [0.25, 0.3) is 0 Å². The summed E-state index contributed by atoms with van der Waals surface area (Å²) < 4.78 is 0. The molecule has 1 aliphatic heterocycles. The molecule has 0 aromatic heterocycles. The van der Waals surface area contributed by atoms with Crippen molar-refractivity contribution in [3.05, 3.63) is 0 Å². The van der Waals surface area contributed by atoms with Gasteiger partial charge in [-0.15, -0.1) is 0 Å². The second-order valence-corrected chi connectivity index (χ2v) is 3.64. The Morgan fingerprint density at radius 3 is 3.17 bits per heavy atom. The highest BCUT2D eigenvalue weighted by Crippen LogP contribution is 2.25. The van der Waals surface area contributed by atoms with Crippen LogP contribution >= 0.6 is 0 Å². The number of carbonyl (C=O) groups excluding carboxylic acids is 1. The molecule has 0 spiro atoms. The van der Waals surface area contributed by atoms with Crippen molar-refractivity contribution in [1.82, 2.24) is 5.43 Å². The number of rotatable bonds is 0.